The third-order valence-corrected chi connectivity index (χ3v) is 7.60. The Labute approximate surface area is 199 Å². The van der Waals surface area contributed by atoms with Crippen molar-refractivity contribution < 1.29 is 14.3 Å². The van der Waals surface area contributed by atoms with Crippen molar-refractivity contribution in [2.24, 2.45) is 11.8 Å². The van der Waals surface area contributed by atoms with E-state index in [0.717, 1.165) is 31.0 Å². The first-order valence-electron chi connectivity index (χ1n) is 12.2. The number of aliphatic hydroxyl groups excluding tert-OH is 1. The first kappa shape index (κ1) is 23.0. The summed E-state index contributed by atoms with van der Waals surface area (Å²) in [6, 6.07) is 3.30. The van der Waals surface area contributed by atoms with E-state index in [2.05, 4.69) is 20.1 Å². The van der Waals surface area contributed by atoms with Gasteiger partial charge in [0, 0.05) is 56.0 Å². The fourth-order valence-electron chi connectivity index (χ4n) is 6.03. The number of oxazole rings is 1. The van der Waals surface area contributed by atoms with E-state index in [-0.39, 0.29) is 36.1 Å². The molecule has 0 saturated carbocycles. The summed E-state index contributed by atoms with van der Waals surface area (Å²) < 4.78 is 6.97. The van der Waals surface area contributed by atoms with Gasteiger partial charge in [0.05, 0.1) is 17.7 Å². The number of aromatic nitrogens is 2. The molecule has 5 rings (SSSR count). The number of carbonyl (C=O) groups is 1. The Balaban J connectivity index is 1.47. The van der Waals surface area contributed by atoms with E-state index in [1.54, 1.807) is 10.8 Å². The highest BCUT2D eigenvalue weighted by molar-refractivity contribution is 5.80. The highest BCUT2D eigenvalue weighted by atomic mass is 16.3. The summed E-state index contributed by atoms with van der Waals surface area (Å²) in [4.78, 5) is 35.6. The SMILES string of the molecule is C/C=C\c1ccc2n(c1=O)C[C@H]1[C@H](CO)[C@@H](C(=O)NCCN3CCCC3)[C@@H]2N1Cc1cocn1. The van der Waals surface area contributed by atoms with Crippen LogP contribution in [0.2, 0.25) is 0 Å². The van der Waals surface area contributed by atoms with E-state index in [1.807, 2.05) is 31.2 Å². The second-order valence-electron chi connectivity index (χ2n) is 9.51. The van der Waals surface area contributed by atoms with E-state index in [9.17, 15) is 14.7 Å². The maximum absolute atomic E-state index is 13.5. The fourth-order valence-corrected chi connectivity index (χ4v) is 6.03. The van der Waals surface area contributed by atoms with Crippen molar-refractivity contribution in [3.63, 3.8) is 0 Å². The molecule has 2 saturated heterocycles. The summed E-state index contributed by atoms with van der Waals surface area (Å²) >= 11 is 0. The van der Waals surface area contributed by atoms with Gasteiger partial charge in [0.25, 0.3) is 5.56 Å². The van der Waals surface area contributed by atoms with Crippen LogP contribution in [0.4, 0.5) is 0 Å². The molecule has 0 unspecified atom stereocenters. The van der Waals surface area contributed by atoms with E-state index >= 15 is 0 Å². The molecule has 1 amide bonds. The summed E-state index contributed by atoms with van der Waals surface area (Å²) in [6.07, 6.45) is 9.09. The number of likely N-dealkylation sites (tertiary alicyclic amines) is 1. The minimum absolute atomic E-state index is 0.0570. The quantitative estimate of drug-likeness (QED) is 0.602. The number of hydrogen-bond acceptors (Lipinski definition) is 7. The normalized spacial score (nSPS) is 26.9. The molecule has 2 aromatic rings. The maximum atomic E-state index is 13.5. The summed E-state index contributed by atoms with van der Waals surface area (Å²) in [5, 5.41) is 13.5. The van der Waals surface area contributed by atoms with Crippen LogP contribution in [0.3, 0.4) is 0 Å². The molecule has 2 N–H and O–H groups in total. The number of nitrogens with one attached hydrogen (secondary N) is 1. The molecule has 3 aliphatic rings. The fraction of sp³-hybridized carbons (Fsp3) is 0.560. The third-order valence-electron chi connectivity index (χ3n) is 7.60. The molecular weight excluding hydrogens is 434 g/mol. The van der Waals surface area contributed by atoms with Crippen molar-refractivity contribution in [1.29, 1.82) is 0 Å². The van der Waals surface area contributed by atoms with Gasteiger partial charge in [-0.15, -0.1) is 0 Å². The van der Waals surface area contributed by atoms with Crippen molar-refractivity contribution in [2.45, 2.75) is 44.9 Å². The smallest absolute Gasteiger partial charge is 0.258 e. The molecule has 182 valence electrons. The molecule has 9 heteroatoms. The average Bonchev–Trinajstić information content (AvgIpc) is 3.57. The molecule has 2 aromatic heterocycles. The van der Waals surface area contributed by atoms with Crippen LogP contribution in [0, 0.1) is 11.8 Å². The predicted molar refractivity (Wildman–Crippen MR) is 127 cm³/mol. The second kappa shape index (κ2) is 9.85. The lowest BCUT2D eigenvalue weighted by molar-refractivity contribution is -0.127. The van der Waals surface area contributed by atoms with Gasteiger partial charge in [-0.05, 0) is 45.0 Å². The van der Waals surface area contributed by atoms with Crippen LogP contribution in [0.5, 0.6) is 0 Å². The highest BCUT2D eigenvalue weighted by Gasteiger charge is 2.55. The monoisotopic (exact) mass is 467 g/mol. The van der Waals surface area contributed by atoms with Gasteiger partial charge in [-0.2, -0.15) is 0 Å². The van der Waals surface area contributed by atoms with Crippen LogP contribution in [0.25, 0.3) is 6.08 Å². The van der Waals surface area contributed by atoms with Crippen molar-refractivity contribution in [1.82, 2.24) is 24.7 Å². The minimum Gasteiger partial charge on any atom is -0.451 e. The first-order chi connectivity index (χ1) is 16.6. The average molecular weight is 468 g/mol. The molecule has 0 radical (unpaired) electrons. The molecule has 0 aliphatic carbocycles. The zero-order valence-corrected chi connectivity index (χ0v) is 19.6. The Morgan fingerprint density at radius 3 is 2.85 bits per heavy atom. The molecule has 5 heterocycles. The maximum Gasteiger partial charge on any atom is 0.258 e. The van der Waals surface area contributed by atoms with Gasteiger partial charge in [-0.3, -0.25) is 14.5 Å². The zero-order valence-electron chi connectivity index (χ0n) is 19.6. The molecule has 0 spiro atoms. The van der Waals surface area contributed by atoms with E-state index in [4.69, 9.17) is 4.42 Å². The van der Waals surface area contributed by atoms with Crippen molar-refractivity contribution >= 4 is 12.0 Å². The van der Waals surface area contributed by atoms with Crippen molar-refractivity contribution in [3.05, 3.63) is 58.2 Å². The standard InChI is InChI=1S/C25H33N5O4/c1-2-5-17-6-7-20-23-22(24(32)26-8-11-28-9-3-4-10-28)19(14-31)21(13-30(20)25(17)33)29(23)12-18-15-34-16-27-18/h2,5-7,15-16,19,21-23,31H,3-4,8-14H2,1H3,(H,26,32)/b5-2-/t19-,21-,22+,23+/m0/s1. The van der Waals surface area contributed by atoms with Gasteiger partial charge in [0.1, 0.15) is 6.26 Å². The first-order valence-corrected chi connectivity index (χ1v) is 12.2. The molecule has 3 aliphatic heterocycles. The zero-order chi connectivity index (χ0) is 23.7. The number of nitrogens with zero attached hydrogens (tertiary/aromatic N) is 4. The van der Waals surface area contributed by atoms with Crippen LogP contribution in [0.1, 0.15) is 42.8 Å². The van der Waals surface area contributed by atoms with Gasteiger partial charge >= 0.3 is 0 Å². The number of allylic oxidation sites excluding steroid dienone is 1. The van der Waals surface area contributed by atoms with Gasteiger partial charge in [0.15, 0.2) is 6.39 Å². The molecule has 34 heavy (non-hydrogen) atoms. The van der Waals surface area contributed by atoms with Crippen LogP contribution in [-0.4, -0.2) is 69.2 Å². The second-order valence-corrected chi connectivity index (χ2v) is 9.51. The van der Waals surface area contributed by atoms with Gasteiger partial charge in [-0.25, -0.2) is 4.98 Å². The Bertz CT molecular complexity index is 1090. The number of amides is 1. The lowest BCUT2D eigenvalue weighted by Gasteiger charge is -2.37. The van der Waals surface area contributed by atoms with Crippen molar-refractivity contribution in [2.75, 3.05) is 32.8 Å². The molecule has 2 bridgehead atoms. The molecule has 9 nitrogen and oxygen atoms in total. The number of carbonyl (C=O) groups excluding carboxylic acids is 1. The van der Waals surface area contributed by atoms with Crippen LogP contribution in [-0.2, 0) is 17.9 Å². The topological polar surface area (TPSA) is 104 Å². The summed E-state index contributed by atoms with van der Waals surface area (Å²) in [5.74, 6) is -0.802. The predicted octanol–water partition coefficient (Wildman–Crippen LogP) is 1.25. The Kier molecular flexibility index (Phi) is 6.67. The Hall–Kier alpha value is -2.75. The third kappa shape index (κ3) is 4.12. The minimum atomic E-state index is -0.457. The van der Waals surface area contributed by atoms with Gasteiger partial charge < -0.3 is 24.3 Å². The summed E-state index contributed by atoms with van der Waals surface area (Å²) in [7, 11) is 0. The number of aliphatic hydroxyl groups is 1. The number of hydrogen-bond donors (Lipinski definition) is 2. The van der Waals surface area contributed by atoms with Crippen LogP contribution >= 0.6 is 0 Å². The molecule has 4 atom stereocenters. The van der Waals surface area contributed by atoms with Crippen LogP contribution in [0.15, 0.2) is 40.1 Å². The number of pyridine rings is 1. The molecule has 2 fully saturated rings. The van der Waals surface area contributed by atoms with E-state index < -0.39 is 5.92 Å². The lowest BCUT2D eigenvalue weighted by Crippen LogP contribution is -2.46. The Morgan fingerprint density at radius 2 is 2.15 bits per heavy atom. The van der Waals surface area contributed by atoms with Crippen LogP contribution < -0.4 is 10.9 Å². The number of rotatable bonds is 8. The largest absolute Gasteiger partial charge is 0.451 e. The lowest BCUT2D eigenvalue weighted by atomic mass is 9.86. The summed E-state index contributed by atoms with van der Waals surface area (Å²) in [6.45, 7) is 6.27. The highest BCUT2D eigenvalue weighted by Crippen LogP contribution is 2.48. The van der Waals surface area contributed by atoms with Gasteiger partial charge in [-0.1, -0.05) is 12.2 Å². The van der Waals surface area contributed by atoms with Gasteiger partial charge in [0.2, 0.25) is 5.91 Å². The Morgan fingerprint density at radius 1 is 1.32 bits per heavy atom. The van der Waals surface area contributed by atoms with Crippen molar-refractivity contribution in [3.8, 4) is 0 Å². The van der Waals surface area contributed by atoms with E-state index in [1.165, 1.54) is 19.2 Å². The number of fused-ring (bicyclic) bond motifs is 4. The van der Waals surface area contributed by atoms with E-state index in [0.29, 0.717) is 25.2 Å². The molecule has 0 aromatic carbocycles. The summed E-state index contributed by atoms with van der Waals surface area (Å²) in [5.41, 5.74) is 2.15. The molecular formula is C25H33N5O4.